The number of benzene rings is 3. The van der Waals surface area contributed by atoms with Crippen molar-refractivity contribution in [2.24, 2.45) is 0 Å². The van der Waals surface area contributed by atoms with E-state index in [1.807, 2.05) is 23.1 Å². The maximum atomic E-state index is 13.3. The zero-order valence-corrected chi connectivity index (χ0v) is 21.6. The highest BCUT2D eigenvalue weighted by atomic mass is 19.1. The maximum absolute atomic E-state index is 13.3. The van der Waals surface area contributed by atoms with E-state index in [1.165, 1.54) is 17.7 Å². The summed E-state index contributed by atoms with van der Waals surface area (Å²) in [6, 6.07) is 22.9. The fourth-order valence-corrected chi connectivity index (χ4v) is 5.09. The standard InChI is InChI=1S/C31H34FN3O2/c1-3-22(2)24-11-15-27(16-12-24)37-18-6-17-35-29-8-5-4-7-28(29)33-31(35)25-19-30(36)34(21-25)20-23-9-13-26(32)14-10-23/h4-5,7-16,22,25H,3,6,17-21H2,1-2H3. The second-order valence-corrected chi connectivity index (χ2v) is 9.99. The third kappa shape index (κ3) is 5.68. The molecule has 5 rings (SSSR count). The van der Waals surface area contributed by atoms with Gasteiger partial charge in [0.15, 0.2) is 0 Å². The molecule has 37 heavy (non-hydrogen) atoms. The lowest BCUT2D eigenvalue weighted by Crippen LogP contribution is -2.24. The van der Waals surface area contributed by atoms with Crippen LogP contribution < -0.4 is 4.74 Å². The number of nitrogens with zero attached hydrogens (tertiary/aromatic N) is 3. The maximum Gasteiger partial charge on any atom is 0.223 e. The first-order valence-electron chi connectivity index (χ1n) is 13.2. The van der Waals surface area contributed by atoms with Crippen LogP contribution in [0, 0.1) is 5.82 Å². The smallest absolute Gasteiger partial charge is 0.223 e. The molecule has 4 aromatic rings. The predicted molar refractivity (Wildman–Crippen MR) is 144 cm³/mol. The predicted octanol–water partition coefficient (Wildman–Crippen LogP) is 6.67. The van der Waals surface area contributed by atoms with Crippen LogP contribution in [0.2, 0.25) is 0 Å². The van der Waals surface area contributed by atoms with Gasteiger partial charge in [0.2, 0.25) is 5.91 Å². The second kappa shape index (κ2) is 11.2. The molecule has 1 saturated heterocycles. The lowest BCUT2D eigenvalue weighted by molar-refractivity contribution is -0.128. The molecule has 2 atom stereocenters. The largest absolute Gasteiger partial charge is 0.494 e. The number of amides is 1. The van der Waals surface area contributed by atoms with E-state index < -0.39 is 0 Å². The van der Waals surface area contributed by atoms with Crippen LogP contribution in [-0.2, 0) is 17.9 Å². The first-order chi connectivity index (χ1) is 18.0. The van der Waals surface area contributed by atoms with Gasteiger partial charge in [-0.05, 0) is 66.3 Å². The van der Waals surface area contributed by atoms with Crippen LogP contribution in [0.5, 0.6) is 5.75 Å². The molecule has 1 aromatic heterocycles. The molecule has 5 nitrogen and oxygen atoms in total. The first kappa shape index (κ1) is 25.0. The van der Waals surface area contributed by atoms with Crippen molar-refractivity contribution in [3.63, 3.8) is 0 Å². The Labute approximate surface area is 217 Å². The highest BCUT2D eigenvalue weighted by Crippen LogP contribution is 2.31. The zero-order chi connectivity index (χ0) is 25.8. The van der Waals surface area contributed by atoms with Crippen molar-refractivity contribution < 1.29 is 13.9 Å². The number of rotatable bonds is 10. The number of imidazole rings is 1. The second-order valence-electron chi connectivity index (χ2n) is 9.99. The van der Waals surface area contributed by atoms with Crippen LogP contribution in [0.3, 0.4) is 0 Å². The number of aromatic nitrogens is 2. The van der Waals surface area contributed by atoms with E-state index in [1.54, 1.807) is 12.1 Å². The van der Waals surface area contributed by atoms with Crippen LogP contribution in [0.15, 0.2) is 72.8 Å². The van der Waals surface area contributed by atoms with Gasteiger partial charge in [0.1, 0.15) is 17.4 Å². The fraction of sp³-hybridized carbons (Fsp3) is 0.355. The number of likely N-dealkylation sites (tertiary alicyclic amines) is 1. The van der Waals surface area contributed by atoms with Gasteiger partial charge in [-0.25, -0.2) is 9.37 Å². The SMILES string of the molecule is CCC(C)c1ccc(OCCCn2c(C3CC(=O)N(Cc4ccc(F)cc4)C3)nc3ccccc32)cc1. The van der Waals surface area contributed by atoms with E-state index in [-0.39, 0.29) is 17.6 Å². The molecule has 0 spiro atoms. The summed E-state index contributed by atoms with van der Waals surface area (Å²) in [6.45, 7) is 6.91. The molecule has 0 aliphatic carbocycles. The number of halogens is 1. The van der Waals surface area contributed by atoms with E-state index in [9.17, 15) is 9.18 Å². The summed E-state index contributed by atoms with van der Waals surface area (Å²) in [5.41, 5.74) is 4.30. The van der Waals surface area contributed by atoms with Crippen molar-refractivity contribution in [2.45, 2.75) is 58.0 Å². The Morgan fingerprint density at radius 2 is 1.81 bits per heavy atom. The first-order valence-corrected chi connectivity index (χ1v) is 13.2. The molecule has 1 fully saturated rings. The summed E-state index contributed by atoms with van der Waals surface area (Å²) in [5.74, 6) is 2.26. The van der Waals surface area contributed by atoms with Gasteiger partial charge in [0.25, 0.3) is 0 Å². The number of hydrogen-bond donors (Lipinski definition) is 0. The topological polar surface area (TPSA) is 47.4 Å². The quantitative estimate of drug-likeness (QED) is 0.229. The minimum atomic E-state index is -0.268. The molecular weight excluding hydrogens is 465 g/mol. The van der Waals surface area contributed by atoms with E-state index >= 15 is 0 Å². The van der Waals surface area contributed by atoms with Gasteiger partial charge in [-0.1, -0.05) is 50.2 Å². The van der Waals surface area contributed by atoms with Crippen LogP contribution >= 0.6 is 0 Å². The number of ether oxygens (including phenoxy) is 1. The molecule has 2 unspecified atom stereocenters. The fourth-order valence-electron chi connectivity index (χ4n) is 5.09. The van der Waals surface area contributed by atoms with E-state index in [2.05, 4.69) is 48.7 Å². The summed E-state index contributed by atoms with van der Waals surface area (Å²) in [4.78, 5) is 19.7. The third-order valence-electron chi connectivity index (χ3n) is 7.41. The Hall–Kier alpha value is -3.67. The van der Waals surface area contributed by atoms with Gasteiger partial charge in [-0.15, -0.1) is 0 Å². The molecule has 0 bridgehead atoms. The van der Waals surface area contributed by atoms with E-state index in [0.29, 0.717) is 32.0 Å². The lowest BCUT2D eigenvalue weighted by atomic mass is 9.99. The van der Waals surface area contributed by atoms with Gasteiger partial charge in [0.05, 0.1) is 17.6 Å². The van der Waals surface area contributed by atoms with Crippen molar-refractivity contribution in [1.29, 1.82) is 0 Å². The average Bonchev–Trinajstić information content (AvgIpc) is 3.47. The number of aryl methyl sites for hydroxylation is 1. The molecule has 1 aliphatic heterocycles. The zero-order valence-electron chi connectivity index (χ0n) is 21.6. The molecule has 1 aliphatic rings. The van der Waals surface area contributed by atoms with Crippen molar-refractivity contribution >= 4 is 16.9 Å². The number of hydrogen-bond acceptors (Lipinski definition) is 3. The molecule has 192 valence electrons. The van der Waals surface area contributed by atoms with Gasteiger partial charge >= 0.3 is 0 Å². The molecule has 3 aromatic carbocycles. The van der Waals surface area contributed by atoms with Crippen LogP contribution in [0.1, 0.15) is 61.9 Å². The Bertz CT molecular complexity index is 1350. The third-order valence-corrected chi connectivity index (χ3v) is 7.41. The summed E-state index contributed by atoms with van der Waals surface area (Å²) in [5, 5.41) is 0. The lowest BCUT2D eigenvalue weighted by Gasteiger charge is -2.17. The molecule has 2 heterocycles. The molecule has 1 amide bonds. The highest BCUT2D eigenvalue weighted by molar-refractivity contribution is 5.81. The average molecular weight is 500 g/mol. The summed E-state index contributed by atoms with van der Waals surface area (Å²) in [7, 11) is 0. The van der Waals surface area contributed by atoms with Gasteiger partial charge in [0, 0.05) is 32.0 Å². The minimum Gasteiger partial charge on any atom is -0.494 e. The number of fused-ring (bicyclic) bond motifs is 1. The number of carbonyl (C=O) groups excluding carboxylic acids is 1. The Morgan fingerprint density at radius 1 is 1.05 bits per heavy atom. The number of para-hydroxylation sites is 2. The molecular formula is C31H34FN3O2. The Morgan fingerprint density at radius 3 is 2.57 bits per heavy atom. The summed E-state index contributed by atoms with van der Waals surface area (Å²) in [6.07, 6.45) is 2.39. The van der Waals surface area contributed by atoms with Crippen molar-refractivity contribution in [1.82, 2.24) is 14.5 Å². The normalized spacial score (nSPS) is 16.5. The monoisotopic (exact) mass is 499 g/mol. The Kier molecular flexibility index (Phi) is 7.54. The number of carbonyl (C=O) groups is 1. The summed E-state index contributed by atoms with van der Waals surface area (Å²) < 4.78 is 21.6. The van der Waals surface area contributed by atoms with Crippen molar-refractivity contribution in [2.75, 3.05) is 13.2 Å². The van der Waals surface area contributed by atoms with Crippen LogP contribution in [0.25, 0.3) is 11.0 Å². The minimum absolute atomic E-state index is 0.0226. The van der Waals surface area contributed by atoms with Gasteiger partial charge in [-0.2, -0.15) is 0 Å². The summed E-state index contributed by atoms with van der Waals surface area (Å²) >= 11 is 0. The van der Waals surface area contributed by atoms with Crippen molar-refractivity contribution in [3.8, 4) is 5.75 Å². The molecule has 0 saturated carbocycles. The highest BCUT2D eigenvalue weighted by Gasteiger charge is 2.34. The van der Waals surface area contributed by atoms with E-state index in [0.717, 1.165) is 47.6 Å². The van der Waals surface area contributed by atoms with Crippen LogP contribution in [0.4, 0.5) is 4.39 Å². The van der Waals surface area contributed by atoms with Crippen molar-refractivity contribution in [3.05, 3.63) is 95.6 Å². The molecule has 6 heteroatoms. The van der Waals surface area contributed by atoms with Gasteiger partial charge < -0.3 is 14.2 Å². The van der Waals surface area contributed by atoms with Crippen LogP contribution in [-0.4, -0.2) is 33.5 Å². The Balaban J connectivity index is 1.25. The molecule has 0 radical (unpaired) electrons. The van der Waals surface area contributed by atoms with Gasteiger partial charge in [-0.3, -0.25) is 4.79 Å². The van der Waals surface area contributed by atoms with E-state index in [4.69, 9.17) is 9.72 Å². The molecule has 0 N–H and O–H groups in total.